The summed E-state index contributed by atoms with van der Waals surface area (Å²) in [5.41, 5.74) is 7.65. The average molecular weight is 231 g/mol. The number of hydrogen-bond donors (Lipinski definition) is 1. The van der Waals surface area contributed by atoms with Crippen molar-refractivity contribution < 1.29 is 0 Å². The molecule has 0 atom stereocenters. The second-order valence-corrected chi connectivity index (χ2v) is 4.40. The average Bonchev–Trinajstić information content (AvgIpc) is 2.33. The Hall–Kier alpha value is -1.55. The third kappa shape index (κ3) is 2.97. The molecule has 2 rings (SSSR count). The maximum absolute atomic E-state index is 5.80. The van der Waals surface area contributed by atoms with Crippen molar-refractivity contribution in [2.75, 3.05) is 11.5 Å². The van der Waals surface area contributed by atoms with E-state index < -0.39 is 0 Å². The van der Waals surface area contributed by atoms with Crippen LogP contribution in [-0.2, 0) is 6.42 Å². The van der Waals surface area contributed by atoms with Gasteiger partial charge in [0.15, 0.2) is 0 Å². The van der Waals surface area contributed by atoms with Gasteiger partial charge in [-0.2, -0.15) is 0 Å². The van der Waals surface area contributed by atoms with Gasteiger partial charge in [-0.15, -0.1) is 11.8 Å². The van der Waals surface area contributed by atoms with Crippen molar-refractivity contribution in [3.05, 3.63) is 48.4 Å². The quantitative estimate of drug-likeness (QED) is 0.821. The summed E-state index contributed by atoms with van der Waals surface area (Å²) in [4.78, 5) is 8.49. The number of thioether (sulfide) groups is 1. The number of nitrogens with two attached hydrogens (primary N) is 1. The van der Waals surface area contributed by atoms with E-state index in [1.54, 1.807) is 18.0 Å². The molecule has 16 heavy (non-hydrogen) atoms. The molecule has 0 fully saturated rings. The fourth-order valence-corrected chi connectivity index (χ4v) is 2.20. The number of hydrogen-bond acceptors (Lipinski definition) is 4. The van der Waals surface area contributed by atoms with Crippen LogP contribution in [0.1, 0.15) is 5.69 Å². The van der Waals surface area contributed by atoms with Crippen LogP contribution in [0.15, 0.2) is 47.8 Å². The highest BCUT2D eigenvalue weighted by molar-refractivity contribution is 7.99. The minimum Gasteiger partial charge on any atom is -0.397 e. The van der Waals surface area contributed by atoms with Crippen molar-refractivity contribution in [3.8, 4) is 0 Å². The maximum atomic E-state index is 5.80. The molecule has 2 N–H and O–H groups in total. The van der Waals surface area contributed by atoms with Crippen LogP contribution >= 0.6 is 11.8 Å². The minimum atomic E-state index is 0.744. The first-order valence-electron chi connectivity index (χ1n) is 5.09. The van der Waals surface area contributed by atoms with Gasteiger partial charge in [0.2, 0.25) is 0 Å². The van der Waals surface area contributed by atoms with E-state index >= 15 is 0 Å². The smallest absolute Gasteiger partial charge is 0.119 e. The summed E-state index contributed by atoms with van der Waals surface area (Å²) in [6.45, 7) is 0. The number of aromatic nitrogens is 2. The summed E-state index contributed by atoms with van der Waals surface area (Å²) in [6, 6.07) is 9.67. The van der Waals surface area contributed by atoms with Crippen molar-refractivity contribution >= 4 is 17.4 Å². The van der Waals surface area contributed by atoms with E-state index in [9.17, 15) is 0 Å². The van der Waals surface area contributed by atoms with Gasteiger partial charge in [0, 0.05) is 23.8 Å². The summed E-state index contributed by atoms with van der Waals surface area (Å²) < 4.78 is 0. The second-order valence-electron chi connectivity index (χ2n) is 3.32. The van der Waals surface area contributed by atoms with Crippen molar-refractivity contribution in [2.45, 2.75) is 11.4 Å². The zero-order valence-corrected chi connectivity index (χ0v) is 9.65. The van der Waals surface area contributed by atoms with E-state index in [0.29, 0.717) is 0 Å². The molecule has 82 valence electrons. The largest absolute Gasteiger partial charge is 0.397 e. The van der Waals surface area contributed by atoms with E-state index in [4.69, 9.17) is 5.73 Å². The van der Waals surface area contributed by atoms with Crippen LogP contribution in [0, 0.1) is 0 Å². The number of nitrogens with zero attached hydrogens (tertiary/aromatic N) is 2. The van der Waals surface area contributed by atoms with E-state index in [2.05, 4.69) is 9.97 Å². The van der Waals surface area contributed by atoms with Gasteiger partial charge in [-0.3, -0.25) is 4.98 Å². The monoisotopic (exact) mass is 231 g/mol. The highest BCUT2D eigenvalue weighted by Crippen LogP contribution is 2.21. The van der Waals surface area contributed by atoms with Gasteiger partial charge in [-0.25, -0.2) is 4.98 Å². The molecule has 0 bridgehead atoms. The second kappa shape index (κ2) is 5.51. The number of pyridine rings is 2. The third-order valence-corrected chi connectivity index (χ3v) is 3.15. The van der Waals surface area contributed by atoms with Crippen LogP contribution in [0.5, 0.6) is 0 Å². The lowest BCUT2D eigenvalue weighted by atomic mass is 10.3. The molecular formula is C12H13N3S. The van der Waals surface area contributed by atoms with Gasteiger partial charge < -0.3 is 5.73 Å². The molecule has 2 heterocycles. The zero-order valence-electron chi connectivity index (χ0n) is 8.84. The minimum absolute atomic E-state index is 0.744. The summed E-state index contributed by atoms with van der Waals surface area (Å²) in [5, 5.41) is 0.901. The van der Waals surface area contributed by atoms with Crippen LogP contribution in [0.4, 0.5) is 5.69 Å². The van der Waals surface area contributed by atoms with Crippen LogP contribution < -0.4 is 5.73 Å². The Morgan fingerprint density at radius 2 is 1.94 bits per heavy atom. The Morgan fingerprint density at radius 3 is 2.69 bits per heavy atom. The fraction of sp³-hybridized carbons (Fsp3) is 0.167. The van der Waals surface area contributed by atoms with E-state index in [1.807, 2.05) is 36.5 Å². The number of anilines is 1. The van der Waals surface area contributed by atoms with Crippen molar-refractivity contribution in [2.24, 2.45) is 0 Å². The Balaban J connectivity index is 1.87. The van der Waals surface area contributed by atoms with E-state index in [0.717, 1.165) is 28.6 Å². The standard InChI is InChI=1S/C12H13N3S/c13-11-5-3-8-15-12(11)16-9-6-10-4-1-2-7-14-10/h1-5,7-8H,6,9,13H2. The summed E-state index contributed by atoms with van der Waals surface area (Å²) in [5.74, 6) is 0.943. The van der Waals surface area contributed by atoms with Gasteiger partial charge >= 0.3 is 0 Å². The summed E-state index contributed by atoms with van der Waals surface area (Å²) in [7, 11) is 0. The zero-order chi connectivity index (χ0) is 11.2. The first-order valence-corrected chi connectivity index (χ1v) is 6.08. The van der Waals surface area contributed by atoms with Crippen molar-refractivity contribution in [1.82, 2.24) is 9.97 Å². The van der Waals surface area contributed by atoms with Crippen LogP contribution in [0.2, 0.25) is 0 Å². The lowest BCUT2D eigenvalue weighted by molar-refractivity contribution is 1.04. The van der Waals surface area contributed by atoms with Crippen molar-refractivity contribution in [1.29, 1.82) is 0 Å². The van der Waals surface area contributed by atoms with E-state index in [1.165, 1.54) is 0 Å². The van der Waals surface area contributed by atoms with Gasteiger partial charge in [0.05, 0.1) is 5.69 Å². The van der Waals surface area contributed by atoms with E-state index in [-0.39, 0.29) is 0 Å². The Kier molecular flexibility index (Phi) is 3.77. The van der Waals surface area contributed by atoms with Crippen LogP contribution in [-0.4, -0.2) is 15.7 Å². The highest BCUT2D eigenvalue weighted by atomic mass is 32.2. The first kappa shape index (κ1) is 11.0. The predicted octanol–water partition coefficient (Wildman–Crippen LogP) is 2.39. The third-order valence-electron chi connectivity index (χ3n) is 2.12. The topological polar surface area (TPSA) is 51.8 Å². The number of rotatable bonds is 4. The Labute approximate surface area is 99.1 Å². The normalized spacial score (nSPS) is 10.2. The molecule has 4 heteroatoms. The Bertz CT molecular complexity index is 445. The molecule has 0 unspecified atom stereocenters. The molecular weight excluding hydrogens is 218 g/mol. The lowest BCUT2D eigenvalue weighted by Gasteiger charge is -2.03. The molecule has 2 aromatic heterocycles. The summed E-state index contributed by atoms with van der Waals surface area (Å²) >= 11 is 1.67. The molecule has 0 spiro atoms. The highest BCUT2D eigenvalue weighted by Gasteiger charge is 2.00. The number of aryl methyl sites for hydroxylation is 1. The molecule has 0 saturated heterocycles. The summed E-state index contributed by atoms with van der Waals surface area (Å²) in [6.07, 6.45) is 4.51. The molecule has 3 nitrogen and oxygen atoms in total. The van der Waals surface area contributed by atoms with Crippen molar-refractivity contribution in [3.63, 3.8) is 0 Å². The number of nitrogen functional groups attached to an aromatic ring is 1. The maximum Gasteiger partial charge on any atom is 0.119 e. The van der Waals surface area contributed by atoms with Gasteiger partial charge in [0.25, 0.3) is 0 Å². The molecule has 2 aromatic rings. The van der Waals surface area contributed by atoms with Gasteiger partial charge in [0.1, 0.15) is 5.03 Å². The first-order chi connectivity index (χ1) is 7.86. The Morgan fingerprint density at radius 1 is 1.06 bits per heavy atom. The fourth-order valence-electron chi connectivity index (χ4n) is 1.32. The van der Waals surface area contributed by atoms with Gasteiger partial charge in [-0.05, 0) is 30.7 Å². The van der Waals surface area contributed by atoms with Crippen LogP contribution in [0.25, 0.3) is 0 Å². The molecule has 0 aliphatic carbocycles. The molecule has 0 saturated carbocycles. The lowest BCUT2D eigenvalue weighted by Crippen LogP contribution is -1.95. The predicted molar refractivity (Wildman–Crippen MR) is 67.3 cm³/mol. The molecule has 0 radical (unpaired) electrons. The SMILES string of the molecule is Nc1cccnc1SCCc1ccccn1. The molecule has 0 aliphatic heterocycles. The molecule has 0 amide bonds. The van der Waals surface area contributed by atoms with Gasteiger partial charge in [-0.1, -0.05) is 6.07 Å². The van der Waals surface area contributed by atoms with Crippen LogP contribution in [0.3, 0.4) is 0 Å². The molecule has 0 aromatic carbocycles. The molecule has 0 aliphatic rings.